The molecule has 0 radical (unpaired) electrons. The Hall–Kier alpha value is -1.55. The van der Waals surface area contributed by atoms with Gasteiger partial charge < -0.3 is 14.8 Å². The average Bonchev–Trinajstić information content (AvgIpc) is 2.46. The minimum atomic E-state index is -0.152. The Balaban J connectivity index is 2.55. The molecule has 0 heterocycles. The zero-order valence-corrected chi connectivity index (χ0v) is 11.9. The van der Waals surface area contributed by atoms with Crippen molar-refractivity contribution in [1.29, 1.82) is 0 Å². The maximum Gasteiger partial charge on any atom is 0.220 e. The van der Waals surface area contributed by atoms with Crippen molar-refractivity contribution in [2.75, 3.05) is 20.8 Å². The van der Waals surface area contributed by atoms with Crippen molar-refractivity contribution < 1.29 is 14.3 Å². The van der Waals surface area contributed by atoms with E-state index < -0.39 is 0 Å². The Morgan fingerprint density at radius 1 is 1.37 bits per heavy atom. The van der Waals surface area contributed by atoms with Gasteiger partial charge in [-0.15, -0.1) is 0 Å². The van der Waals surface area contributed by atoms with E-state index in [0.29, 0.717) is 13.0 Å². The molecule has 1 aromatic carbocycles. The maximum atomic E-state index is 11.6. The lowest BCUT2D eigenvalue weighted by Gasteiger charge is -2.17. The first-order chi connectivity index (χ1) is 9.21. The van der Waals surface area contributed by atoms with Gasteiger partial charge in [0.25, 0.3) is 0 Å². The standard InChI is InChI=1S/C15H23NO3/c1-4-5-9-15(17)16-11-14(19-3)12-7-6-8-13(10-12)18-2/h6-8,10,14H,4-5,9,11H2,1-3H3,(H,16,17). The molecule has 1 unspecified atom stereocenters. The summed E-state index contributed by atoms with van der Waals surface area (Å²) < 4.78 is 10.6. The van der Waals surface area contributed by atoms with Gasteiger partial charge in [-0.3, -0.25) is 4.79 Å². The molecule has 1 aromatic rings. The largest absolute Gasteiger partial charge is 0.497 e. The van der Waals surface area contributed by atoms with Crippen LogP contribution >= 0.6 is 0 Å². The number of carbonyl (C=O) groups excluding carboxylic acids is 1. The van der Waals surface area contributed by atoms with E-state index in [-0.39, 0.29) is 12.0 Å². The lowest BCUT2D eigenvalue weighted by atomic mass is 10.1. The summed E-state index contributed by atoms with van der Waals surface area (Å²) in [5.41, 5.74) is 0.998. The van der Waals surface area contributed by atoms with Crippen LogP contribution in [-0.4, -0.2) is 26.7 Å². The third-order valence-electron chi connectivity index (χ3n) is 2.99. The number of hydrogen-bond acceptors (Lipinski definition) is 3. The molecule has 0 spiro atoms. The first-order valence-electron chi connectivity index (χ1n) is 6.64. The Bertz CT molecular complexity index is 393. The Kier molecular flexibility index (Phi) is 6.97. The minimum Gasteiger partial charge on any atom is -0.497 e. The van der Waals surface area contributed by atoms with Crippen LogP contribution in [0, 0.1) is 0 Å². The molecule has 0 fully saturated rings. The van der Waals surface area contributed by atoms with Crippen molar-refractivity contribution in [3.05, 3.63) is 29.8 Å². The fraction of sp³-hybridized carbons (Fsp3) is 0.533. The zero-order chi connectivity index (χ0) is 14.1. The molecule has 0 aliphatic carbocycles. The van der Waals surface area contributed by atoms with Gasteiger partial charge in [-0.05, 0) is 24.1 Å². The summed E-state index contributed by atoms with van der Waals surface area (Å²) in [5, 5.41) is 2.90. The predicted octanol–water partition coefficient (Wildman–Crippen LogP) is 2.69. The number of hydrogen-bond donors (Lipinski definition) is 1. The molecule has 1 atom stereocenters. The normalized spacial score (nSPS) is 11.9. The number of amides is 1. The number of ether oxygens (including phenoxy) is 2. The van der Waals surface area contributed by atoms with Crippen molar-refractivity contribution in [3.63, 3.8) is 0 Å². The molecule has 0 aliphatic heterocycles. The molecule has 0 saturated heterocycles. The Morgan fingerprint density at radius 2 is 2.16 bits per heavy atom. The minimum absolute atomic E-state index is 0.0757. The van der Waals surface area contributed by atoms with Crippen LogP contribution in [0.3, 0.4) is 0 Å². The van der Waals surface area contributed by atoms with E-state index in [1.54, 1.807) is 14.2 Å². The zero-order valence-electron chi connectivity index (χ0n) is 11.9. The van der Waals surface area contributed by atoms with Gasteiger partial charge in [0.2, 0.25) is 5.91 Å². The highest BCUT2D eigenvalue weighted by atomic mass is 16.5. The Morgan fingerprint density at radius 3 is 2.79 bits per heavy atom. The highest BCUT2D eigenvalue weighted by Gasteiger charge is 2.12. The van der Waals surface area contributed by atoms with Crippen LogP contribution in [0.2, 0.25) is 0 Å². The molecule has 4 nitrogen and oxygen atoms in total. The van der Waals surface area contributed by atoms with Crippen LogP contribution in [0.1, 0.15) is 37.9 Å². The number of benzene rings is 1. The monoisotopic (exact) mass is 265 g/mol. The van der Waals surface area contributed by atoms with E-state index in [0.717, 1.165) is 24.2 Å². The third-order valence-corrected chi connectivity index (χ3v) is 2.99. The summed E-state index contributed by atoms with van der Waals surface area (Å²) in [6.07, 6.45) is 2.37. The topological polar surface area (TPSA) is 47.6 Å². The predicted molar refractivity (Wildman–Crippen MR) is 75.3 cm³/mol. The van der Waals surface area contributed by atoms with Gasteiger partial charge in [0.1, 0.15) is 5.75 Å². The summed E-state index contributed by atoms with van der Waals surface area (Å²) in [6, 6.07) is 7.69. The lowest BCUT2D eigenvalue weighted by Crippen LogP contribution is -2.28. The fourth-order valence-corrected chi connectivity index (χ4v) is 1.81. The summed E-state index contributed by atoms with van der Waals surface area (Å²) >= 11 is 0. The molecule has 4 heteroatoms. The fourth-order valence-electron chi connectivity index (χ4n) is 1.81. The van der Waals surface area contributed by atoms with Crippen LogP contribution < -0.4 is 10.1 Å². The molecule has 19 heavy (non-hydrogen) atoms. The van der Waals surface area contributed by atoms with Gasteiger partial charge in [0.15, 0.2) is 0 Å². The summed E-state index contributed by atoms with van der Waals surface area (Å²) in [4.78, 5) is 11.6. The van der Waals surface area contributed by atoms with E-state index >= 15 is 0 Å². The smallest absolute Gasteiger partial charge is 0.220 e. The number of nitrogens with one attached hydrogen (secondary N) is 1. The second-order valence-corrected chi connectivity index (χ2v) is 4.41. The van der Waals surface area contributed by atoms with Crippen molar-refractivity contribution in [3.8, 4) is 5.75 Å². The van der Waals surface area contributed by atoms with Crippen molar-refractivity contribution in [1.82, 2.24) is 5.32 Å². The van der Waals surface area contributed by atoms with Crippen LogP contribution in [0.4, 0.5) is 0 Å². The summed E-state index contributed by atoms with van der Waals surface area (Å²) in [7, 11) is 3.27. The van der Waals surface area contributed by atoms with Gasteiger partial charge in [-0.1, -0.05) is 25.5 Å². The quantitative estimate of drug-likeness (QED) is 0.786. The molecule has 106 valence electrons. The number of carbonyl (C=O) groups is 1. The second-order valence-electron chi connectivity index (χ2n) is 4.41. The molecular formula is C15H23NO3. The van der Waals surface area contributed by atoms with Crippen LogP contribution in [0.5, 0.6) is 5.75 Å². The SMILES string of the molecule is CCCCC(=O)NCC(OC)c1cccc(OC)c1. The lowest BCUT2D eigenvalue weighted by molar-refractivity contribution is -0.121. The van der Waals surface area contributed by atoms with E-state index in [1.807, 2.05) is 24.3 Å². The molecule has 0 saturated carbocycles. The van der Waals surface area contributed by atoms with Crippen molar-refractivity contribution in [2.45, 2.75) is 32.3 Å². The van der Waals surface area contributed by atoms with E-state index in [1.165, 1.54) is 0 Å². The number of rotatable bonds is 8. The van der Waals surface area contributed by atoms with Crippen LogP contribution in [-0.2, 0) is 9.53 Å². The van der Waals surface area contributed by atoms with Gasteiger partial charge in [0.05, 0.1) is 13.2 Å². The first kappa shape index (κ1) is 15.5. The molecule has 0 aliphatic rings. The summed E-state index contributed by atoms with van der Waals surface area (Å²) in [5.74, 6) is 0.864. The van der Waals surface area contributed by atoms with Gasteiger partial charge >= 0.3 is 0 Å². The molecule has 0 aromatic heterocycles. The molecule has 1 N–H and O–H groups in total. The van der Waals surface area contributed by atoms with Gasteiger partial charge in [0, 0.05) is 20.1 Å². The van der Waals surface area contributed by atoms with E-state index in [4.69, 9.17) is 9.47 Å². The summed E-state index contributed by atoms with van der Waals surface area (Å²) in [6.45, 7) is 2.55. The van der Waals surface area contributed by atoms with E-state index in [2.05, 4.69) is 12.2 Å². The maximum absolute atomic E-state index is 11.6. The first-order valence-corrected chi connectivity index (χ1v) is 6.64. The van der Waals surface area contributed by atoms with Crippen molar-refractivity contribution >= 4 is 5.91 Å². The van der Waals surface area contributed by atoms with Crippen LogP contribution in [0.25, 0.3) is 0 Å². The average molecular weight is 265 g/mol. The van der Waals surface area contributed by atoms with Crippen molar-refractivity contribution in [2.24, 2.45) is 0 Å². The van der Waals surface area contributed by atoms with E-state index in [9.17, 15) is 4.79 Å². The number of methoxy groups -OCH3 is 2. The molecule has 0 bridgehead atoms. The second kappa shape index (κ2) is 8.53. The van der Waals surface area contributed by atoms with Gasteiger partial charge in [-0.25, -0.2) is 0 Å². The van der Waals surface area contributed by atoms with Gasteiger partial charge in [-0.2, -0.15) is 0 Å². The number of unbranched alkanes of at least 4 members (excludes halogenated alkanes) is 1. The molecule has 1 amide bonds. The molecule has 1 rings (SSSR count). The highest BCUT2D eigenvalue weighted by Crippen LogP contribution is 2.20. The third kappa shape index (κ3) is 5.30. The Labute approximate surface area is 115 Å². The van der Waals surface area contributed by atoms with Crippen LogP contribution in [0.15, 0.2) is 24.3 Å². The highest BCUT2D eigenvalue weighted by molar-refractivity contribution is 5.75. The molecular weight excluding hydrogens is 242 g/mol.